The standard InChI is InChI=1S/C18H12Cl9NO3S3/c19-32(20,21,29)16-7-1-13(2-8-16)28(14-3-9-17(10-4-14)33(22,23,24)30)15-5-11-18(12-6-15)34(25,26,27)31/h1-12H. The van der Waals surface area contributed by atoms with Crippen LogP contribution in [0.2, 0.25) is 0 Å². The maximum absolute atomic E-state index is 12.3. The van der Waals surface area contributed by atoms with Crippen molar-refractivity contribution in [3.63, 3.8) is 0 Å². The molecule has 0 saturated heterocycles. The van der Waals surface area contributed by atoms with E-state index in [2.05, 4.69) is 0 Å². The van der Waals surface area contributed by atoms with Crippen LogP contribution in [0.4, 0.5) is 17.1 Å². The Morgan fingerprint density at radius 1 is 0.382 bits per heavy atom. The monoisotopic (exact) mass is 701 g/mol. The first-order valence-electron chi connectivity index (χ1n) is 8.64. The van der Waals surface area contributed by atoms with E-state index in [0.717, 1.165) is 0 Å². The van der Waals surface area contributed by atoms with Crippen LogP contribution in [-0.4, -0.2) is 12.6 Å². The summed E-state index contributed by atoms with van der Waals surface area (Å²) in [4.78, 5) is 1.70. The summed E-state index contributed by atoms with van der Waals surface area (Å²) in [5, 5.41) is 0. The zero-order valence-electron chi connectivity index (χ0n) is 16.2. The molecule has 0 unspecified atom stereocenters. The fourth-order valence-electron chi connectivity index (χ4n) is 2.86. The minimum Gasteiger partial charge on any atom is -0.311 e. The molecule has 0 aliphatic heterocycles. The minimum absolute atomic E-state index is 0.000225. The van der Waals surface area contributed by atoms with Crippen LogP contribution in [0.15, 0.2) is 87.5 Å². The van der Waals surface area contributed by atoms with Gasteiger partial charge in [0.2, 0.25) is 0 Å². The van der Waals surface area contributed by atoms with E-state index in [0.29, 0.717) is 17.1 Å². The maximum atomic E-state index is 12.3. The molecule has 0 spiro atoms. The van der Waals surface area contributed by atoms with Crippen molar-refractivity contribution in [3.8, 4) is 0 Å². The van der Waals surface area contributed by atoms with Gasteiger partial charge in [-0.05, 0) is 169 Å². The molecule has 188 valence electrons. The molecule has 0 radical (unpaired) electrons. The van der Waals surface area contributed by atoms with Crippen molar-refractivity contribution in [2.24, 2.45) is 0 Å². The molecular formula is C18H12Cl9NO3S3. The fourth-order valence-corrected chi connectivity index (χ4v) is 7.31. The first-order valence-corrected chi connectivity index (χ1v) is 22.0. The average molecular weight is 706 g/mol. The zero-order chi connectivity index (χ0) is 25.9. The van der Waals surface area contributed by atoms with Crippen molar-refractivity contribution in [3.05, 3.63) is 72.8 Å². The highest BCUT2D eigenvalue weighted by molar-refractivity contribution is 8.68. The van der Waals surface area contributed by atoms with Crippen molar-refractivity contribution in [1.29, 1.82) is 0 Å². The molecule has 4 nitrogen and oxygen atoms in total. The van der Waals surface area contributed by atoms with Crippen LogP contribution in [0.25, 0.3) is 0 Å². The van der Waals surface area contributed by atoms with E-state index in [1.54, 1.807) is 41.3 Å². The number of hydrogen-bond acceptors (Lipinski definition) is 4. The van der Waals surface area contributed by atoms with Crippen molar-refractivity contribution in [2.45, 2.75) is 14.7 Å². The number of halogens is 9. The van der Waals surface area contributed by atoms with E-state index < -0.39 is 20.1 Å². The smallest absolute Gasteiger partial charge is 0.138 e. The lowest BCUT2D eigenvalue weighted by Gasteiger charge is -2.28. The van der Waals surface area contributed by atoms with Gasteiger partial charge in [0.15, 0.2) is 0 Å². The number of benzene rings is 3. The zero-order valence-corrected chi connectivity index (χ0v) is 25.5. The summed E-state index contributed by atoms with van der Waals surface area (Å²) in [6.45, 7) is -13.6. The van der Waals surface area contributed by atoms with Crippen LogP contribution in [0.3, 0.4) is 0 Å². The second-order valence-corrected chi connectivity index (χ2v) is 32.5. The maximum Gasteiger partial charge on any atom is 0.138 e. The third-order valence-corrected chi connectivity index (χ3v) is 12.2. The van der Waals surface area contributed by atoms with Gasteiger partial charge in [0.05, 0.1) is 14.7 Å². The Labute approximate surface area is 236 Å². The summed E-state index contributed by atoms with van der Waals surface area (Å²) >= 11 is 0. The highest BCUT2D eigenvalue weighted by atomic mass is 36.2. The Bertz CT molecular complexity index is 1240. The average Bonchev–Trinajstić information content (AvgIpc) is 2.66. The summed E-state index contributed by atoms with van der Waals surface area (Å²) in [5.74, 6) is 0. The Balaban J connectivity index is 2.16. The van der Waals surface area contributed by atoms with Crippen LogP contribution in [0.1, 0.15) is 0 Å². The fraction of sp³-hybridized carbons (Fsp3) is 0. The SMILES string of the molecule is O=S(Cl)(Cl)(Cl)c1ccc(N(c2ccc(S(=O)(Cl)(Cl)Cl)cc2)c2ccc(S(=O)(Cl)(Cl)Cl)cc2)cc1. The van der Waals surface area contributed by atoms with E-state index in [1.807, 2.05) is 0 Å². The van der Waals surface area contributed by atoms with E-state index in [-0.39, 0.29) is 14.7 Å². The molecule has 0 aromatic heterocycles. The van der Waals surface area contributed by atoms with Crippen LogP contribution < -0.4 is 4.90 Å². The van der Waals surface area contributed by atoms with Gasteiger partial charge in [0.25, 0.3) is 0 Å². The highest BCUT2D eigenvalue weighted by Crippen LogP contribution is 2.52. The van der Waals surface area contributed by atoms with E-state index in [4.69, 9.17) is 96.1 Å². The molecule has 3 rings (SSSR count). The first kappa shape index (κ1) is 29.1. The van der Waals surface area contributed by atoms with Gasteiger partial charge in [-0.2, -0.15) is 0 Å². The van der Waals surface area contributed by atoms with Crippen molar-refractivity contribution >= 4 is 133 Å². The van der Waals surface area contributed by atoms with Crippen molar-refractivity contribution in [2.75, 3.05) is 4.90 Å². The number of anilines is 3. The molecule has 0 saturated carbocycles. The van der Waals surface area contributed by atoms with Gasteiger partial charge in [-0.1, -0.05) is 0 Å². The highest BCUT2D eigenvalue weighted by Gasteiger charge is 2.33. The Kier molecular flexibility index (Phi) is 7.51. The van der Waals surface area contributed by atoms with Gasteiger partial charge < -0.3 is 4.90 Å². The quantitative estimate of drug-likeness (QED) is 0.240. The van der Waals surface area contributed by atoms with Gasteiger partial charge in [-0.3, -0.25) is 0 Å². The van der Waals surface area contributed by atoms with Gasteiger partial charge in [0, 0.05) is 17.1 Å². The lowest BCUT2D eigenvalue weighted by atomic mass is 10.2. The molecule has 16 heteroatoms. The molecule has 0 heterocycles. The lowest BCUT2D eigenvalue weighted by molar-refractivity contribution is 0.684. The molecule has 3 aromatic carbocycles. The first-order chi connectivity index (χ1) is 15.0. The van der Waals surface area contributed by atoms with Crippen molar-refractivity contribution < 1.29 is 12.6 Å². The molecule has 0 aliphatic rings. The number of nitrogens with zero attached hydrogens (tertiary/aromatic N) is 1. The molecule has 0 atom stereocenters. The lowest BCUT2D eigenvalue weighted by Crippen LogP contribution is -2.13. The Hall–Kier alpha value is 0.520. The van der Waals surface area contributed by atoms with Gasteiger partial charge in [-0.25, -0.2) is 12.6 Å². The largest absolute Gasteiger partial charge is 0.311 e. The minimum atomic E-state index is -4.54. The summed E-state index contributed by atoms with van der Waals surface area (Å²) in [6, 6.07) is 17.7. The van der Waals surface area contributed by atoms with Crippen LogP contribution in [0.5, 0.6) is 0 Å². The molecule has 34 heavy (non-hydrogen) atoms. The van der Waals surface area contributed by atoms with E-state index in [1.165, 1.54) is 36.4 Å². The molecule has 0 bridgehead atoms. The predicted octanol–water partition coefficient (Wildman–Crippen LogP) is 10.1. The van der Waals surface area contributed by atoms with Gasteiger partial charge >= 0.3 is 0 Å². The number of hydrogen-bond donors (Lipinski definition) is 0. The third kappa shape index (κ3) is 7.30. The third-order valence-electron chi connectivity index (χ3n) is 4.38. The summed E-state index contributed by atoms with van der Waals surface area (Å²) in [6.07, 6.45) is 0. The van der Waals surface area contributed by atoms with Gasteiger partial charge in [-0.15, -0.1) is 0 Å². The second kappa shape index (κ2) is 8.79. The van der Waals surface area contributed by atoms with E-state index in [9.17, 15) is 12.6 Å². The topological polar surface area (TPSA) is 54.5 Å². The summed E-state index contributed by atoms with van der Waals surface area (Å²) in [7, 11) is 51.9. The Morgan fingerprint density at radius 2 is 0.559 bits per heavy atom. The molecule has 0 amide bonds. The predicted molar refractivity (Wildman–Crippen MR) is 153 cm³/mol. The number of rotatable bonds is 6. The van der Waals surface area contributed by atoms with Crippen molar-refractivity contribution in [1.82, 2.24) is 0 Å². The second-order valence-electron chi connectivity index (χ2n) is 6.85. The van der Waals surface area contributed by atoms with Crippen LogP contribution in [0, 0.1) is 0 Å². The summed E-state index contributed by atoms with van der Waals surface area (Å²) < 4.78 is 36.9. The molecule has 0 fully saturated rings. The normalized spacial score (nSPS) is 16.3. The van der Waals surface area contributed by atoms with E-state index >= 15 is 0 Å². The van der Waals surface area contributed by atoms with Crippen LogP contribution in [-0.2, 0) is 20.1 Å². The molecule has 0 aliphatic carbocycles. The van der Waals surface area contributed by atoms with Crippen LogP contribution >= 0.6 is 96.1 Å². The molecule has 0 N–H and O–H groups in total. The summed E-state index contributed by atoms with van der Waals surface area (Å²) in [5.41, 5.74) is 1.60. The Morgan fingerprint density at radius 3 is 0.706 bits per heavy atom. The molecular weight excluding hydrogens is 693 g/mol. The van der Waals surface area contributed by atoms with Gasteiger partial charge in [0.1, 0.15) is 20.1 Å². The molecule has 3 aromatic rings.